The van der Waals surface area contributed by atoms with E-state index >= 15 is 0 Å². The molecule has 0 rings (SSSR count). The number of esters is 1. The molecule has 3 N–H and O–H groups in total. The van der Waals surface area contributed by atoms with E-state index in [1.165, 1.54) is 347 Å². The van der Waals surface area contributed by atoms with Crippen LogP contribution in [0.3, 0.4) is 0 Å². The van der Waals surface area contributed by atoms with E-state index in [1.807, 2.05) is 0 Å². The lowest BCUT2D eigenvalue weighted by atomic mass is 10.0. The molecule has 0 aliphatic carbocycles. The second-order valence-electron chi connectivity index (χ2n) is 25.3. The smallest absolute Gasteiger partial charge is 0.305 e. The van der Waals surface area contributed by atoms with Gasteiger partial charge >= 0.3 is 5.97 Å². The van der Waals surface area contributed by atoms with Crippen molar-refractivity contribution < 1.29 is 24.5 Å². The Morgan fingerprint density at radius 1 is 0.342 bits per heavy atom. The van der Waals surface area contributed by atoms with Gasteiger partial charge in [0.25, 0.3) is 0 Å². The van der Waals surface area contributed by atoms with Crippen LogP contribution < -0.4 is 5.32 Å². The number of unbranched alkanes of at least 4 members (excludes halogenated alkanes) is 56. The monoisotopic (exact) mass is 1110 g/mol. The van der Waals surface area contributed by atoms with E-state index in [0.29, 0.717) is 25.9 Å². The van der Waals surface area contributed by atoms with Crippen molar-refractivity contribution in [3.05, 3.63) is 12.2 Å². The lowest BCUT2D eigenvalue weighted by Gasteiger charge is -2.22. The van der Waals surface area contributed by atoms with Gasteiger partial charge in [-0.1, -0.05) is 366 Å². The number of amides is 1. The van der Waals surface area contributed by atoms with Crippen molar-refractivity contribution in [2.24, 2.45) is 0 Å². The summed E-state index contributed by atoms with van der Waals surface area (Å²) in [6.07, 6.45) is 85.5. The summed E-state index contributed by atoms with van der Waals surface area (Å²) < 4.78 is 5.51. The molecule has 0 spiro atoms. The number of aliphatic hydroxyl groups is 2. The van der Waals surface area contributed by atoms with Gasteiger partial charge in [-0.3, -0.25) is 9.59 Å². The molecular formula is C73H143NO5. The first-order valence-corrected chi connectivity index (χ1v) is 36.4. The summed E-state index contributed by atoms with van der Waals surface area (Å²) in [6, 6.07) is -0.540. The molecule has 2 unspecified atom stereocenters. The van der Waals surface area contributed by atoms with Gasteiger partial charge in [-0.15, -0.1) is 0 Å². The minimum Gasteiger partial charge on any atom is -0.466 e. The fourth-order valence-corrected chi connectivity index (χ4v) is 11.8. The van der Waals surface area contributed by atoms with Crippen LogP contribution in [0.2, 0.25) is 0 Å². The third-order valence-electron chi connectivity index (χ3n) is 17.3. The Morgan fingerprint density at radius 3 is 0.899 bits per heavy atom. The molecule has 6 heteroatoms. The molecule has 0 radical (unpaired) electrons. The van der Waals surface area contributed by atoms with E-state index in [4.69, 9.17) is 4.74 Å². The number of hydrogen-bond acceptors (Lipinski definition) is 5. The first-order valence-electron chi connectivity index (χ1n) is 36.4. The molecule has 0 fully saturated rings. The zero-order valence-corrected chi connectivity index (χ0v) is 53.9. The summed E-state index contributed by atoms with van der Waals surface area (Å²) >= 11 is 0. The zero-order chi connectivity index (χ0) is 57.1. The first-order chi connectivity index (χ1) is 39.0. The number of allylic oxidation sites excluding steroid dienone is 2. The summed E-state index contributed by atoms with van der Waals surface area (Å²) in [5.74, 6) is -0.0115. The second kappa shape index (κ2) is 69.1. The Balaban J connectivity index is 3.34. The van der Waals surface area contributed by atoms with Gasteiger partial charge in [-0.05, 0) is 51.4 Å². The highest BCUT2D eigenvalue weighted by Gasteiger charge is 2.20. The van der Waals surface area contributed by atoms with Gasteiger partial charge in [0.1, 0.15) is 0 Å². The van der Waals surface area contributed by atoms with Crippen molar-refractivity contribution in [3.8, 4) is 0 Å². The van der Waals surface area contributed by atoms with Crippen molar-refractivity contribution in [2.45, 2.75) is 431 Å². The minimum absolute atomic E-state index is 0.0173. The van der Waals surface area contributed by atoms with Crippen molar-refractivity contribution >= 4 is 11.9 Å². The normalized spacial score (nSPS) is 12.5. The highest BCUT2D eigenvalue weighted by molar-refractivity contribution is 5.76. The van der Waals surface area contributed by atoms with Crippen LogP contribution in [0.1, 0.15) is 418 Å². The number of carbonyl (C=O) groups is 2. The second-order valence-corrected chi connectivity index (χ2v) is 25.3. The Bertz CT molecular complexity index is 1190. The number of hydrogen-bond donors (Lipinski definition) is 3. The van der Waals surface area contributed by atoms with Gasteiger partial charge < -0.3 is 20.3 Å². The molecule has 0 aromatic heterocycles. The molecular weight excluding hydrogens is 971 g/mol. The van der Waals surface area contributed by atoms with E-state index in [1.54, 1.807) is 0 Å². The van der Waals surface area contributed by atoms with Crippen molar-refractivity contribution in [3.63, 3.8) is 0 Å². The third kappa shape index (κ3) is 65.6. The van der Waals surface area contributed by atoms with Crippen LogP contribution >= 0.6 is 0 Å². The van der Waals surface area contributed by atoms with E-state index in [2.05, 4.69) is 31.3 Å². The van der Waals surface area contributed by atoms with Crippen molar-refractivity contribution in [2.75, 3.05) is 13.2 Å². The standard InChI is InChI=1S/C73H143NO5/c1-3-5-7-9-11-13-15-17-19-21-30-35-39-43-47-51-55-59-63-67-73(78)79-68-64-60-56-52-48-44-40-36-32-29-27-25-23-24-26-28-31-34-38-42-46-50-54-58-62-66-72(77)74-70(69-75)71(76)65-61-57-53-49-45-41-37-33-22-20-18-16-14-12-10-8-6-4-2/h17,19,70-71,75-76H,3-16,18,20-69H2,1-2H3,(H,74,77)/b19-17-. The Kier molecular flexibility index (Phi) is 67.9. The van der Waals surface area contributed by atoms with Crippen LogP contribution in [0.4, 0.5) is 0 Å². The fourth-order valence-electron chi connectivity index (χ4n) is 11.8. The average Bonchev–Trinajstić information content (AvgIpc) is 3.45. The number of carbonyl (C=O) groups excluding carboxylic acids is 2. The van der Waals surface area contributed by atoms with Gasteiger partial charge in [0.15, 0.2) is 0 Å². The van der Waals surface area contributed by atoms with Crippen LogP contribution in [-0.2, 0) is 14.3 Å². The summed E-state index contributed by atoms with van der Waals surface area (Å²) in [5.41, 5.74) is 0. The zero-order valence-electron chi connectivity index (χ0n) is 53.9. The molecule has 0 aliphatic heterocycles. The largest absolute Gasteiger partial charge is 0.466 e. The quantitative estimate of drug-likeness (QED) is 0.0320. The van der Waals surface area contributed by atoms with Crippen LogP contribution in [0.25, 0.3) is 0 Å². The average molecular weight is 1110 g/mol. The molecule has 0 saturated heterocycles. The summed E-state index contributed by atoms with van der Waals surface area (Å²) in [7, 11) is 0. The minimum atomic E-state index is -0.663. The van der Waals surface area contributed by atoms with Crippen LogP contribution in [0.15, 0.2) is 12.2 Å². The number of aliphatic hydroxyl groups excluding tert-OH is 2. The summed E-state index contributed by atoms with van der Waals surface area (Å²) in [5, 5.41) is 23.4. The molecule has 0 aromatic rings. The molecule has 470 valence electrons. The van der Waals surface area contributed by atoms with Gasteiger partial charge in [0.05, 0.1) is 25.4 Å². The Labute approximate surface area is 495 Å². The predicted octanol–water partition coefficient (Wildman–Crippen LogP) is 23.5. The summed E-state index contributed by atoms with van der Waals surface area (Å²) in [4.78, 5) is 24.7. The third-order valence-corrected chi connectivity index (χ3v) is 17.3. The van der Waals surface area contributed by atoms with E-state index in [-0.39, 0.29) is 18.5 Å². The molecule has 0 bridgehead atoms. The molecule has 2 atom stereocenters. The van der Waals surface area contributed by atoms with E-state index in [0.717, 1.165) is 38.5 Å². The molecule has 0 aromatic carbocycles. The molecule has 1 amide bonds. The first kappa shape index (κ1) is 77.6. The Morgan fingerprint density at radius 2 is 0.595 bits per heavy atom. The molecule has 6 nitrogen and oxygen atoms in total. The van der Waals surface area contributed by atoms with Gasteiger partial charge in [0.2, 0.25) is 5.91 Å². The molecule has 0 aliphatic rings. The maximum absolute atomic E-state index is 12.5. The highest BCUT2D eigenvalue weighted by atomic mass is 16.5. The van der Waals surface area contributed by atoms with Gasteiger partial charge in [0, 0.05) is 12.8 Å². The maximum atomic E-state index is 12.5. The summed E-state index contributed by atoms with van der Waals surface area (Å²) in [6.45, 7) is 5.00. The van der Waals surface area contributed by atoms with Gasteiger partial charge in [-0.25, -0.2) is 0 Å². The highest BCUT2D eigenvalue weighted by Crippen LogP contribution is 2.19. The number of rotatable bonds is 69. The number of nitrogens with one attached hydrogen (secondary N) is 1. The van der Waals surface area contributed by atoms with Crippen molar-refractivity contribution in [1.82, 2.24) is 5.32 Å². The topological polar surface area (TPSA) is 95.9 Å². The lowest BCUT2D eigenvalue weighted by Crippen LogP contribution is -2.45. The lowest BCUT2D eigenvalue weighted by molar-refractivity contribution is -0.143. The molecule has 0 heterocycles. The van der Waals surface area contributed by atoms with Gasteiger partial charge in [-0.2, -0.15) is 0 Å². The van der Waals surface area contributed by atoms with Crippen LogP contribution in [0, 0.1) is 0 Å². The maximum Gasteiger partial charge on any atom is 0.305 e. The van der Waals surface area contributed by atoms with Crippen molar-refractivity contribution in [1.29, 1.82) is 0 Å². The SMILES string of the molecule is CCCCCCCC/C=C\CCCCCCCCCCCC(=O)OCCCCCCCCCCCCCCCCCCCCCCCCCCCC(=O)NC(CO)C(O)CCCCCCCCCCCCCCCCCCCC. The van der Waals surface area contributed by atoms with E-state index in [9.17, 15) is 19.8 Å². The molecule has 79 heavy (non-hydrogen) atoms. The number of ether oxygens (including phenoxy) is 1. The predicted molar refractivity (Wildman–Crippen MR) is 347 cm³/mol. The molecule has 0 saturated carbocycles. The van der Waals surface area contributed by atoms with E-state index < -0.39 is 12.1 Å². The van der Waals surface area contributed by atoms with Crippen LogP contribution in [0.5, 0.6) is 0 Å². The Hall–Kier alpha value is -1.40. The fraction of sp³-hybridized carbons (Fsp3) is 0.945. The van der Waals surface area contributed by atoms with Crippen LogP contribution in [-0.4, -0.2) is 47.4 Å².